The quantitative estimate of drug-likeness (QED) is 0.562. The van der Waals surface area contributed by atoms with Gasteiger partial charge < -0.3 is 9.47 Å². The van der Waals surface area contributed by atoms with Crippen molar-refractivity contribution in [3.8, 4) is 11.5 Å². The Morgan fingerprint density at radius 1 is 1.00 bits per heavy atom. The zero-order chi connectivity index (χ0) is 19.8. The molecule has 0 spiro atoms. The Labute approximate surface area is 174 Å². The molecule has 144 valence electrons. The van der Waals surface area contributed by atoms with Gasteiger partial charge in [0.25, 0.3) is 11.8 Å². The highest BCUT2D eigenvalue weighted by Crippen LogP contribution is 2.28. The number of hydrogen-bond donors (Lipinski definition) is 2. The Bertz CT molecular complexity index is 795. The summed E-state index contributed by atoms with van der Waals surface area (Å²) < 4.78 is 12.6. The Hall–Kier alpha value is -2.06. The summed E-state index contributed by atoms with van der Waals surface area (Å²) in [5, 5.41) is 0. The monoisotopic (exact) mass is 498 g/mol. The fourth-order valence-corrected chi connectivity index (χ4v) is 3.10. The van der Waals surface area contributed by atoms with Crippen LogP contribution in [0.4, 0.5) is 0 Å². The van der Waals surface area contributed by atoms with Crippen LogP contribution in [0.25, 0.3) is 0 Å². The molecule has 0 bridgehead atoms. The molecule has 2 N–H and O–H groups in total. The van der Waals surface area contributed by atoms with Gasteiger partial charge in [0, 0.05) is 10.0 Å². The summed E-state index contributed by atoms with van der Waals surface area (Å²) in [5.41, 5.74) is 5.07. The fraction of sp³-hybridized carbons (Fsp3) is 0.263. The number of halogens is 2. The van der Waals surface area contributed by atoms with Gasteiger partial charge in [0.2, 0.25) is 0 Å². The number of nitrogens with one attached hydrogen (secondary N) is 2. The average molecular weight is 500 g/mol. The van der Waals surface area contributed by atoms with Crippen LogP contribution in [0.3, 0.4) is 0 Å². The second-order valence-corrected chi connectivity index (χ2v) is 7.86. The van der Waals surface area contributed by atoms with Crippen LogP contribution in [0.5, 0.6) is 11.5 Å². The molecule has 0 heterocycles. The lowest BCUT2D eigenvalue weighted by molar-refractivity contribution is -0.123. The van der Waals surface area contributed by atoms with Crippen molar-refractivity contribution in [2.24, 2.45) is 5.92 Å². The second-order valence-electron chi connectivity index (χ2n) is 6.09. The first kappa shape index (κ1) is 21.2. The molecule has 0 fully saturated rings. The zero-order valence-corrected chi connectivity index (χ0v) is 18.1. The summed E-state index contributed by atoms with van der Waals surface area (Å²) in [4.78, 5) is 23.9. The molecule has 2 rings (SSSR count). The van der Waals surface area contributed by atoms with Gasteiger partial charge in [-0.05, 0) is 64.3 Å². The fourth-order valence-electron chi connectivity index (χ4n) is 1.94. The number of hydrazine groups is 1. The lowest BCUT2D eigenvalue weighted by Gasteiger charge is -2.11. The van der Waals surface area contributed by atoms with Crippen molar-refractivity contribution in [2.75, 3.05) is 13.2 Å². The summed E-state index contributed by atoms with van der Waals surface area (Å²) in [7, 11) is 0. The summed E-state index contributed by atoms with van der Waals surface area (Å²) >= 11 is 6.69. The van der Waals surface area contributed by atoms with Crippen molar-refractivity contribution in [1.82, 2.24) is 10.9 Å². The van der Waals surface area contributed by atoms with Crippen LogP contribution in [-0.4, -0.2) is 25.0 Å². The number of benzene rings is 2. The van der Waals surface area contributed by atoms with E-state index in [1.807, 2.05) is 6.07 Å². The van der Waals surface area contributed by atoms with Crippen LogP contribution in [0, 0.1) is 5.92 Å². The minimum absolute atomic E-state index is 0.234. The molecule has 0 saturated heterocycles. The van der Waals surface area contributed by atoms with Crippen molar-refractivity contribution < 1.29 is 19.1 Å². The van der Waals surface area contributed by atoms with Gasteiger partial charge >= 0.3 is 0 Å². The molecule has 0 unspecified atom stereocenters. The maximum Gasteiger partial charge on any atom is 0.276 e. The van der Waals surface area contributed by atoms with Crippen LogP contribution in [-0.2, 0) is 4.79 Å². The van der Waals surface area contributed by atoms with E-state index in [1.54, 1.807) is 36.4 Å². The molecule has 0 saturated carbocycles. The third kappa shape index (κ3) is 7.22. The van der Waals surface area contributed by atoms with Gasteiger partial charge in [-0.25, -0.2) is 0 Å². The molecule has 0 radical (unpaired) electrons. The standard InChI is InChI=1S/C19H20Br2N2O4/c1-12(2)10-26-15-6-3-13(4-7-15)19(25)23-22-18(24)11-27-17-8-5-14(20)9-16(17)21/h3-9,12H,10-11H2,1-2H3,(H,22,24)(H,23,25). The number of rotatable bonds is 7. The molecular weight excluding hydrogens is 480 g/mol. The molecule has 0 aromatic heterocycles. The van der Waals surface area contributed by atoms with E-state index in [2.05, 4.69) is 56.6 Å². The number of carbonyl (C=O) groups excluding carboxylic acids is 2. The minimum atomic E-state index is -0.477. The Morgan fingerprint density at radius 3 is 2.33 bits per heavy atom. The van der Waals surface area contributed by atoms with Gasteiger partial charge in [0.15, 0.2) is 6.61 Å². The molecule has 27 heavy (non-hydrogen) atoms. The van der Waals surface area contributed by atoms with Crippen LogP contribution in [0.1, 0.15) is 24.2 Å². The highest BCUT2D eigenvalue weighted by molar-refractivity contribution is 9.11. The van der Waals surface area contributed by atoms with Crippen molar-refractivity contribution >= 4 is 43.7 Å². The van der Waals surface area contributed by atoms with Crippen molar-refractivity contribution in [1.29, 1.82) is 0 Å². The normalized spacial score (nSPS) is 10.4. The van der Waals surface area contributed by atoms with Gasteiger partial charge in [0.1, 0.15) is 11.5 Å². The van der Waals surface area contributed by atoms with Gasteiger partial charge in [-0.3, -0.25) is 20.4 Å². The third-order valence-corrected chi connectivity index (χ3v) is 4.38. The minimum Gasteiger partial charge on any atom is -0.493 e. The van der Waals surface area contributed by atoms with Gasteiger partial charge in [-0.2, -0.15) is 0 Å². The molecule has 2 aromatic rings. The Kier molecular flexibility index (Phi) is 8.12. The summed E-state index contributed by atoms with van der Waals surface area (Å²) in [5.74, 6) is 0.733. The third-order valence-electron chi connectivity index (χ3n) is 3.27. The van der Waals surface area contributed by atoms with E-state index in [0.29, 0.717) is 34.1 Å². The molecule has 0 atom stereocenters. The van der Waals surface area contributed by atoms with Gasteiger partial charge in [-0.15, -0.1) is 0 Å². The molecule has 8 heteroatoms. The highest BCUT2D eigenvalue weighted by Gasteiger charge is 2.09. The SMILES string of the molecule is CC(C)COc1ccc(C(=O)NNC(=O)COc2ccc(Br)cc2Br)cc1. The molecule has 0 aliphatic rings. The maximum atomic E-state index is 12.1. The topological polar surface area (TPSA) is 76.7 Å². The number of carbonyl (C=O) groups is 2. The first-order valence-corrected chi connectivity index (χ1v) is 9.83. The molecule has 2 amide bonds. The van der Waals surface area contributed by atoms with Crippen molar-refractivity contribution in [2.45, 2.75) is 13.8 Å². The van der Waals surface area contributed by atoms with Crippen molar-refractivity contribution in [3.05, 3.63) is 57.0 Å². The summed E-state index contributed by atoms with van der Waals surface area (Å²) in [6, 6.07) is 12.0. The predicted octanol–water partition coefficient (Wildman–Crippen LogP) is 4.09. The van der Waals surface area contributed by atoms with Crippen LogP contribution in [0.15, 0.2) is 51.4 Å². The molecule has 2 aromatic carbocycles. The number of hydrogen-bond acceptors (Lipinski definition) is 4. The highest BCUT2D eigenvalue weighted by atomic mass is 79.9. The Morgan fingerprint density at radius 2 is 1.70 bits per heavy atom. The van der Waals surface area contributed by atoms with Gasteiger partial charge in [-0.1, -0.05) is 29.8 Å². The average Bonchev–Trinajstić information content (AvgIpc) is 2.64. The summed E-state index contributed by atoms with van der Waals surface area (Å²) in [6.07, 6.45) is 0. The largest absolute Gasteiger partial charge is 0.493 e. The molecule has 0 aliphatic heterocycles. The second kappa shape index (κ2) is 10.3. The van der Waals surface area contributed by atoms with Gasteiger partial charge in [0.05, 0.1) is 11.1 Å². The summed E-state index contributed by atoms with van der Waals surface area (Å²) in [6.45, 7) is 4.49. The zero-order valence-electron chi connectivity index (χ0n) is 14.9. The van der Waals surface area contributed by atoms with E-state index < -0.39 is 11.8 Å². The van der Waals surface area contributed by atoms with E-state index >= 15 is 0 Å². The molecule has 0 aliphatic carbocycles. The van der Waals surface area contributed by atoms with E-state index in [9.17, 15) is 9.59 Å². The van der Waals surface area contributed by atoms with E-state index in [-0.39, 0.29) is 6.61 Å². The molecule has 6 nitrogen and oxygen atoms in total. The lowest BCUT2D eigenvalue weighted by atomic mass is 10.2. The van der Waals surface area contributed by atoms with Crippen LogP contribution in [0.2, 0.25) is 0 Å². The van der Waals surface area contributed by atoms with Crippen LogP contribution >= 0.6 is 31.9 Å². The number of amides is 2. The van der Waals surface area contributed by atoms with E-state index in [4.69, 9.17) is 9.47 Å². The van der Waals surface area contributed by atoms with E-state index in [1.165, 1.54) is 0 Å². The van der Waals surface area contributed by atoms with E-state index in [0.717, 1.165) is 4.47 Å². The molecular formula is C19H20Br2N2O4. The predicted molar refractivity (Wildman–Crippen MR) is 110 cm³/mol. The Balaban J connectivity index is 1.78. The van der Waals surface area contributed by atoms with Crippen LogP contribution < -0.4 is 20.3 Å². The maximum absolute atomic E-state index is 12.1. The van der Waals surface area contributed by atoms with Crippen molar-refractivity contribution in [3.63, 3.8) is 0 Å². The first-order valence-electron chi connectivity index (χ1n) is 8.25. The first-order chi connectivity index (χ1) is 12.8. The lowest BCUT2D eigenvalue weighted by Crippen LogP contribution is -2.43. The number of ether oxygens (including phenoxy) is 2. The smallest absolute Gasteiger partial charge is 0.276 e.